The number of nitrogens with zero attached hydrogens (tertiary/aromatic N) is 2. The third-order valence-corrected chi connectivity index (χ3v) is 6.86. The topological polar surface area (TPSA) is 81.3 Å². The van der Waals surface area contributed by atoms with Crippen LogP contribution in [0.15, 0.2) is 66.7 Å². The third kappa shape index (κ3) is 19.6. The molecule has 0 amide bonds. The molecule has 0 atom stereocenters. The zero-order valence-corrected chi connectivity index (χ0v) is 29.3. The number of Topliss-reactive ketones (excluding diaryl/α,β-unsaturated/α-hetero) is 1. The summed E-state index contributed by atoms with van der Waals surface area (Å²) in [6, 6.07) is 20.5. The van der Waals surface area contributed by atoms with Gasteiger partial charge in [0.25, 0.3) is 0 Å². The van der Waals surface area contributed by atoms with E-state index in [0.29, 0.717) is 16.4 Å². The number of alkyl halides is 9. The van der Waals surface area contributed by atoms with Gasteiger partial charge in [-0.3, -0.25) is 14.4 Å². The molecule has 2 aromatic carbocycles. The van der Waals surface area contributed by atoms with Crippen molar-refractivity contribution in [2.75, 3.05) is 0 Å². The van der Waals surface area contributed by atoms with Crippen molar-refractivity contribution in [3.05, 3.63) is 105 Å². The van der Waals surface area contributed by atoms with Crippen LogP contribution < -0.4 is 0 Å². The molecule has 0 saturated carbocycles. The zero-order valence-electron chi connectivity index (χ0n) is 27.1. The average Bonchev–Trinajstić information content (AvgIpc) is 3.43. The normalized spacial score (nSPS) is 10.9. The van der Waals surface area contributed by atoms with Crippen molar-refractivity contribution in [2.24, 2.45) is 0 Å². The lowest BCUT2D eigenvalue weighted by Crippen LogP contribution is -2.15. The smallest absolute Gasteiger partial charge is 0.399 e. The van der Waals surface area contributed by atoms with E-state index in [2.05, 4.69) is 42.1 Å². The fourth-order valence-corrected chi connectivity index (χ4v) is 4.71. The molecule has 0 saturated heterocycles. The number of carbonyl (C=O) groups excluding carboxylic acids is 2. The fraction of sp³-hybridized carbons (Fsp3) is 0.343. The van der Waals surface area contributed by atoms with Gasteiger partial charge in [0.2, 0.25) is 5.24 Å². The quantitative estimate of drug-likeness (QED) is 0.119. The molecule has 2 heterocycles. The van der Waals surface area contributed by atoms with Gasteiger partial charge in [0.1, 0.15) is 19.3 Å². The molecule has 0 aliphatic carbocycles. The molecule has 0 bridgehead atoms. The average molecular weight is 828 g/mol. The number of ketones is 1. The Bertz CT molecular complexity index is 1720. The van der Waals surface area contributed by atoms with Crippen molar-refractivity contribution in [2.45, 2.75) is 80.3 Å². The fourth-order valence-electron chi connectivity index (χ4n) is 4.30. The van der Waals surface area contributed by atoms with E-state index in [1.54, 1.807) is 42.7 Å². The number of rotatable bonds is 6. The Morgan fingerprint density at radius 2 is 0.943 bits per heavy atom. The van der Waals surface area contributed by atoms with Crippen LogP contribution in [-0.2, 0) is 9.59 Å². The largest absolute Gasteiger partial charge is 0.481 e. The van der Waals surface area contributed by atoms with Crippen LogP contribution in [0.25, 0.3) is 11.4 Å². The van der Waals surface area contributed by atoms with Crippen LogP contribution in [0.4, 0.5) is 39.5 Å². The Balaban J connectivity index is 0. The lowest BCUT2D eigenvalue weighted by atomic mass is 10.1. The summed E-state index contributed by atoms with van der Waals surface area (Å²) in [4.78, 5) is 30.6. The summed E-state index contributed by atoms with van der Waals surface area (Å²) in [7, 11) is 0. The van der Waals surface area contributed by atoms with E-state index in [9.17, 15) is 53.9 Å². The van der Waals surface area contributed by atoms with Crippen molar-refractivity contribution < 1.29 is 59.0 Å². The summed E-state index contributed by atoms with van der Waals surface area (Å²) in [6.07, 6.45) is -18.3. The minimum atomic E-state index is -4.58. The molecule has 2 aromatic heterocycles. The van der Waals surface area contributed by atoms with Gasteiger partial charge >= 0.3 is 24.5 Å². The minimum Gasteiger partial charge on any atom is -0.481 e. The van der Waals surface area contributed by atoms with Crippen molar-refractivity contribution in [1.82, 2.24) is 9.13 Å². The Kier molecular flexibility index (Phi) is 20.9. The lowest BCUT2D eigenvalue weighted by molar-refractivity contribution is -0.166. The standard InChI is InChI=1S/C15H13ClF3NO.C12H12ClN.C3H2ClF3O.C3H3F3O2.2CH4/c1-9-7-13(14(21)8-15(17,18)19)10(2)20(9)12-5-3-11(16)4-6-12;1-9-3-4-10(2)14(9)12-7-5-11(13)6-8-12;4-2(8)1-3(5,6)7;4-3(5,6)1-2(7)8;;/h3-7H,8H2,1-2H3;3-8H,1-2H3;1H2;1H2,(H,7,8);2*1H4. The van der Waals surface area contributed by atoms with E-state index in [-0.39, 0.29) is 20.4 Å². The van der Waals surface area contributed by atoms with Gasteiger partial charge in [0.15, 0.2) is 5.78 Å². The first-order chi connectivity index (χ1) is 23.2. The molecular weight excluding hydrogens is 790 g/mol. The Hall–Kier alpha value is -3.95. The molecule has 296 valence electrons. The minimum absolute atomic E-state index is 0. The summed E-state index contributed by atoms with van der Waals surface area (Å²) in [5, 5.41) is 7.49. The number of aliphatic carboxylic acids is 1. The van der Waals surface area contributed by atoms with Crippen molar-refractivity contribution in [1.29, 1.82) is 0 Å². The Labute approximate surface area is 316 Å². The maximum Gasteiger partial charge on any atom is 0.399 e. The van der Waals surface area contributed by atoms with Gasteiger partial charge < -0.3 is 14.2 Å². The molecular formula is C35H38Cl3F9N2O4. The third-order valence-electron chi connectivity index (χ3n) is 6.22. The number of halogens is 12. The van der Waals surface area contributed by atoms with E-state index >= 15 is 0 Å². The molecule has 0 aliphatic heterocycles. The summed E-state index contributed by atoms with van der Waals surface area (Å²) >= 11 is 16.1. The first-order valence-electron chi connectivity index (χ1n) is 14.2. The number of aromatic nitrogens is 2. The highest BCUT2D eigenvalue weighted by atomic mass is 35.5. The molecule has 18 heteroatoms. The maximum atomic E-state index is 12.4. The molecule has 1 N–H and O–H groups in total. The predicted molar refractivity (Wildman–Crippen MR) is 189 cm³/mol. The van der Waals surface area contributed by atoms with E-state index in [1.807, 2.05) is 24.3 Å². The maximum absolute atomic E-state index is 12.4. The van der Waals surface area contributed by atoms with Crippen LogP contribution in [0.3, 0.4) is 0 Å². The molecule has 0 spiro atoms. The number of hydrogen-bond donors (Lipinski definition) is 1. The number of hydrogen-bond acceptors (Lipinski definition) is 3. The second-order valence-electron chi connectivity index (χ2n) is 10.6. The summed E-state index contributed by atoms with van der Waals surface area (Å²) in [5.41, 5.74) is 5.67. The second kappa shape index (κ2) is 21.7. The van der Waals surface area contributed by atoms with Gasteiger partial charge in [-0.1, -0.05) is 38.1 Å². The van der Waals surface area contributed by atoms with E-state index in [4.69, 9.17) is 28.3 Å². The monoisotopic (exact) mass is 826 g/mol. The highest BCUT2D eigenvalue weighted by Gasteiger charge is 2.33. The number of carbonyl (C=O) groups is 3. The SMILES string of the molecule is C.C.Cc1cc(C(=O)CC(F)(F)F)c(C)n1-c1ccc(Cl)cc1.Cc1ccc(C)n1-c1ccc(Cl)cc1.O=C(Cl)CC(F)(F)F.O=C(O)CC(F)(F)F. The Morgan fingerprint density at radius 3 is 1.23 bits per heavy atom. The molecule has 0 fully saturated rings. The lowest BCUT2D eigenvalue weighted by Gasteiger charge is -2.10. The number of aryl methyl sites for hydroxylation is 3. The molecule has 4 rings (SSSR count). The number of carboxylic acid groups (broad SMARTS) is 1. The van der Waals surface area contributed by atoms with Crippen LogP contribution in [0.5, 0.6) is 0 Å². The summed E-state index contributed by atoms with van der Waals surface area (Å²) in [6.45, 7) is 7.57. The van der Waals surface area contributed by atoms with Gasteiger partial charge in [0.05, 0.1) is 0 Å². The molecule has 6 nitrogen and oxygen atoms in total. The van der Waals surface area contributed by atoms with Crippen molar-refractivity contribution in [3.63, 3.8) is 0 Å². The Morgan fingerprint density at radius 1 is 0.585 bits per heavy atom. The predicted octanol–water partition coefficient (Wildman–Crippen LogP) is 12.6. The first-order valence-corrected chi connectivity index (χ1v) is 15.3. The molecule has 0 unspecified atom stereocenters. The van der Waals surface area contributed by atoms with Gasteiger partial charge in [-0.05, 0) is 106 Å². The second-order valence-corrected chi connectivity index (χ2v) is 11.9. The van der Waals surface area contributed by atoms with Crippen molar-refractivity contribution >= 4 is 51.8 Å². The molecule has 4 aromatic rings. The van der Waals surface area contributed by atoms with Gasteiger partial charge in [0, 0.05) is 49.8 Å². The van der Waals surface area contributed by atoms with Crippen LogP contribution in [0.1, 0.15) is 67.2 Å². The molecule has 53 heavy (non-hydrogen) atoms. The molecule has 0 radical (unpaired) electrons. The molecule has 0 aliphatic rings. The highest BCUT2D eigenvalue weighted by Crippen LogP contribution is 2.27. The first kappa shape index (κ1) is 51.2. The summed E-state index contributed by atoms with van der Waals surface area (Å²) in [5.74, 6) is -2.77. The highest BCUT2D eigenvalue weighted by molar-refractivity contribution is 6.63. The summed E-state index contributed by atoms with van der Waals surface area (Å²) < 4.78 is 107. The zero-order chi connectivity index (χ0) is 39.5. The number of carboxylic acids is 1. The van der Waals surface area contributed by atoms with Crippen LogP contribution in [-0.4, -0.2) is 49.8 Å². The van der Waals surface area contributed by atoms with Crippen LogP contribution in [0.2, 0.25) is 10.0 Å². The van der Waals surface area contributed by atoms with Crippen LogP contribution in [0, 0.1) is 27.7 Å². The van der Waals surface area contributed by atoms with Crippen LogP contribution >= 0.6 is 34.8 Å². The van der Waals surface area contributed by atoms with Crippen molar-refractivity contribution in [3.8, 4) is 11.4 Å². The van der Waals surface area contributed by atoms with Gasteiger partial charge in [-0.15, -0.1) is 0 Å². The van der Waals surface area contributed by atoms with E-state index in [0.717, 1.165) is 16.4 Å². The van der Waals surface area contributed by atoms with E-state index < -0.39 is 54.8 Å². The van der Waals surface area contributed by atoms with Gasteiger partial charge in [-0.25, -0.2) is 0 Å². The van der Waals surface area contributed by atoms with E-state index in [1.165, 1.54) is 17.5 Å². The number of benzene rings is 2. The van der Waals surface area contributed by atoms with Gasteiger partial charge in [-0.2, -0.15) is 39.5 Å².